The molecule has 0 bridgehead atoms. The van der Waals surface area contributed by atoms with E-state index in [-0.39, 0.29) is 0 Å². The molecule has 0 aliphatic carbocycles. The number of rotatable bonds is 5. The van der Waals surface area contributed by atoms with E-state index in [1.807, 2.05) is 6.92 Å². The summed E-state index contributed by atoms with van der Waals surface area (Å²) in [6.45, 7) is 5.25. The van der Waals surface area contributed by atoms with Gasteiger partial charge in [-0.05, 0) is 97.9 Å². The van der Waals surface area contributed by atoms with E-state index in [1.165, 1.54) is 65.3 Å². The molecule has 2 aromatic heterocycles. The van der Waals surface area contributed by atoms with E-state index in [2.05, 4.69) is 211 Å². The van der Waals surface area contributed by atoms with Gasteiger partial charge < -0.3 is 4.57 Å². The molecule has 0 amide bonds. The van der Waals surface area contributed by atoms with Gasteiger partial charge in [0.15, 0.2) is 5.82 Å². The highest BCUT2D eigenvalue weighted by atomic mass is 15.0. The lowest BCUT2D eigenvalue weighted by molar-refractivity contribution is 1.18. The minimum atomic E-state index is 0.713. The molecule has 10 aromatic carbocycles. The van der Waals surface area contributed by atoms with Gasteiger partial charge in [-0.15, -0.1) is 6.58 Å². The maximum atomic E-state index is 5.30. The number of nitrogens with zero attached hydrogens (tertiary/aromatic N) is 3. The Labute approximate surface area is 348 Å². The van der Waals surface area contributed by atoms with Crippen LogP contribution in [0.2, 0.25) is 0 Å². The Morgan fingerprint density at radius 1 is 0.417 bits per heavy atom. The van der Waals surface area contributed by atoms with Crippen molar-refractivity contribution in [2.75, 3.05) is 0 Å². The molecule has 0 spiro atoms. The fourth-order valence-electron chi connectivity index (χ4n) is 9.04. The average molecular weight is 766 g/mol. The lowest BCUT2D eigenvalue weighted by Gasteiger charge is -2.14. The van der Waals surface area contributed by atoms with Gasteiger partial charge in [0.1, 0.15) is 0 Å². The summed E-state index contributed by atoms with van der Waals surface area (Å²) in [5.74, 6) is 0.713. The van der Waals surface area contributed by atoms with E-state index < -0.39 is 0 Å². The molecule has 60 heavy (non-hydrogen) atoms. The van der Waals surface area contributed by atoms with Gasteiger partial charge in [0, 0.05) is 33.0 Å². The molecule has 0 N–H and O–H groups in total. The molecule has 12 aromatic rings. The molecule has 12 rings (SSSR count). The van der Waals surface area contributed by atoms with E-state index in [0.29, 0.717) is 5.82 Å². The van der Waals surface area contributed by atoms with Crippen molar-refractivity contribution in [3.63, 3.8) is 0 Å². The summed E-state index contributed by atoms with van der Waals surface area (Å²) >= 11 is 0. The summed E-state index contributed by atoms with van der Waals surface area (Å²) in [6, 6.07) is 72.1. The Morgan fingerprint density at radius 3 is 1.78 bits per heavy atom. The van der Waals surface area contributed by atoms with Gasteiger partial charge in [0.25, 0.3) is 0 Å². The molecule has 0 aliphatic rings. The van der Waals surface area contributed by atoms with Crippen molar-refractivity contribution in [1.29, 1.82) is 0 Å². The first-order valence-corrected chi connectivity index (χ1v) is 20.5. The molecule has 0 unspecified atom stereocenters. The van der Waals surface area contributed by atoms with Crippen molar-refractivity contribution in [2.45, 2.75) is 6.92 Å². The zero-order valence-electron chi connectivity index (χ0n) is 33.2. The second kappa shape index (κ2) is 14.5. The molecule has 0 atom stereocenters. The zero-order chi connectivity index (χ0) is 40.2. The molecule has 0 radical (unpaired) electrons. The van der Waals surface area contributed by atoms with Crippen LogP contribution in [0.4, 0.5) is 0 Å². The number of hydrogen-bond donors (Lipinski definition) is 0. The molecular weight excluding hydrogens is 727 g/mol. The number of benzene rings is 10. The molecule has 0 saturated carbocycles. The largest absolute Gasteiger partial charge is 0.309 e. The highest BCUT2D eigenvalue weighted by Crippen LogP contribution is 2.41. The first-order chi connectivity index (χ1) is 29.7. The van der Waals surface area contributed by atoms with Crippen LogP contribution in [-0.4, -0.2) is 14.5 Å². The average Bonchev–Trinajstić information content (AvgIpc) is 3.65. The van der Waals surface area contributed by atoms with Crippen molar-refractivity contribution in [1.82, 2.24) is 14.5 Å². The summed E-state index contributed by atoms with van der Waals surface area (Å²) in [7, 11) is 0. The first kappa shape index (κ1) is 35.3. The summed E-state index contributed by atoms with van der Waals surface area (Å²) in [6.07, 6.45) is 1.75. The van der Waals surface area contributed by atoms with Gasteiger partial charge in [0.05, 0.1) is 22.2 Å². The lowest BCUT2D eigenvalue weighted by atomic mass is 9.90. The van der Waals surface area contributed by atoms with E-state index in [9.17, 15) is 0 Å². The van der Waals surface area contributed by atoms with Crippen LogP contribution in [0.3, 0.4) is 0 Å². The summed E-state index contributed by atoms with van der Waals surface area (Å²) in [5.41, 5.74) is 12.1. The van der Waals surface area contributed by atoms with Crippen LogP contribution < -0.4 is 0 Å². The van der Waals surface area contributed by atoms with Gasteiger partial charge in [-0.1, -0.05) is 170 Å². The van der Waals surface area contributed by atoms with Crippen LogP contribution >= 0.6 is 0 Å². The third kappa shape index (κ3) is 5.82. The molecule has 0 fully saturated rings. The molecule has 0 aliphatic heterocycles. The smallest absolute Gasteiger partial charge is 0.160 e. The van der Waals surface area contributed by atoms with Crippen LogP contribution in [0.1, 0.15) is 6.92 Å². The second-order valence-corrected chi connectivity index (χ2v) is 15.4. The number of fused-ring (bicyclic) bond motifs is 4. The first-order valence-electron chi connectivity index (χ1n) is 20.5. The Bertz CT molecular complexity index is 3530. The third-order valence-corrected chi connectivity index (χ3v) is 11.7. The van der Waals surface area contributed by atoms with Crippen LogP contribution in [0.5, 0.6) is 0 Å². The van der Waals surface area contributed by atoms with Gasteiger partial charge in [-0.25, -0.2) is 9.97 Å². The lowest BCUT2D eigenvalue weighted by Crippen LogP contribution is -1.96. The predicted molar refractivity (Wildman–Crippen MR) is 255 cm³/mol. The van der Waals surface area contributed by atoms with E-state index in [1.54, 1.807) is 6.08 Å². The molecule has 0 saturated heterocycles. The van der Waals surface area contributed by atoms with E-state index in [4.69, 9.17) is 9.97 Å². The van der Waals surface area contributed by atoms with Crippen LogP contribution in [0.25, 0.3) is 116 Å². The Kier molecular flexibility index (Phi) is 8.53. The summed E-state index contributed by atoms with van der Waals surface area (Å²) < 4.78 is 2.37. The second-order valence-electron chi connectivity index (χ2n) is 15.4. The molecule has 282 valence electrons. The predicted octanol–water partition coefficient (Wildman–Crippen LogP) is 15.5. The Morgan fingerprint density at radius 2 is 1.00 bits per heavy atom. The SMILES string of the molecule is C=CC.c1ccc(-c2nc(-c3ccc(-c4ccc5ccc6cccc7ccc4c5c67)cc3)nc3ccc(-c4ccc5c6ccccc6n(-c6ccccc6)c5c4)cc23)cc1. The van der Waals surface area contributed by atoms with Crippen LogP contribution in [-0.2, 0) is 0 Å². The monoisotopic (exact) mass is 765 g/mol. The Balaban J connectivity index is 0.00000132. The minimum absolute atomic E-state index is 0.713. The zero-order valence-corrected chi connectivity index (χ0v) is 33.2. The van der Waals surface area contributed by atoms with E-state index in [0.717, 1.165) is 44.5 Å². The van der Waals surface area contributed by atoms with Crippen molar-refractivity contribution >= 4 is 65.0 Å². The minimum Gasteiger partial charge on any atom is -0.309 e. The normalized spacial score (nSPS) is 11.5. The molecule has 2 heterocycles. The van der Waals surface area contributed by atoms with Crippen molar-refractivity contribution in [3.05, 3.63) is 213 Å². The third-order valence-electron chi connectivity index (χ3n) is 11.7. The molecular formula is C57H39N3. The fourth-order valence-corrected chi connectivity index (χ4v) is 9.04. The van der Waals surface area contributed by atoms with Crippen molar-refractivity contribution in [3.8, 4) is 50.6 Å². The number of aromatic nitrogens is 3. The number of allylic oxidation sites excluding steroid dienone is 1. The van der Waals surface area contributed by atoms with E-state index >= 15 is 0 Å². The van der Waals surface area contributed by atoms with Crippen molar-refractivity contribution in [2.24, 2.45) is 0 Å². The van der Waals surface area contributed by atoms with Gasteiger partial charge in [-0.3, -0.25) is 0 Å². The van der Waals surface area contributed by atoms with Crippen LogP contribution in [0, 0.1) is 0 Å². The molecule has 3 heteroatoms. The highest BCUT2D eigenvalue weighted by molar-refractivity contribution is 6.25. The summed E-state index contributed by atoms with van der Waals surface area (Å²) in [5, 5.41) is 11.3. The fraction of sp³-hybridized carbons (Fsp3) is 0.0175. The number of hydrogen-bond acceptors (Lipinski definition) is 2. The molecule has 3 nitrogen and oxygen atoms in total. The topological polar surface area (TPSA) is 30.7 Å². The van der Waals surface area contributed by atoms with Gasteiger partial charge >= 0.3 is 0 Å². The highest BCUT2D eigenvalue weighted by Gasteiger charge is 2.17. The van der Waals surface area contributed by atoms with Gasteiger partial charge in [-0.2, -0.15) is 0 Å². The quantitative estimate of drug-likeness (QED) is 0.129. The van der Waals surface area contributed by atoms with Crippen LogP contribution in [0.15, 0.2) is 213 Å². The maximum absolute atomic E-state index is 5.30. The standard InChI is InChI=1S/C54H33N3.C3H6/c1-3-10-38(11-4-1)53-47-32-40(41-26-29-45-44-16-7-8-17-49(44)57(50(45)33-41)42-14-5-2-6-15-42)27-31-48(47)55-54(56-53)39-22-18-34(19-23-39)43-28-24-37-21-20-35-12-9-13-36-25-30-46(43)52(37)51(35)36;1-3-2/h1-33H;3H,1H2,2H3. The summed E-state index contributed by atoms with van der Waals surface area (Å²) in [4.78, 5) is 10.5. The van der Waals surface area contributed by atoms with Gasteiger partial charge in [0.2, 0.25) is 0 Å². The maximum Gasteiger partial charge on any atom is 0.160 e. The van der Waals surface area contributed by atoms with Crippen molar-refractivity contribution < 1.29 is 0 Å². The number of para-hydroxylation sites is 2. The Hall–Kier alpha value is -7.88.